The molecule has 1 atom stereocenters. The Morgan fingerprint density at radius 3 is 2.48 bits per heavy atom. The van der Waals surface area contributed by atoms with Gasteiger partial charge >= 0.3 is 0 Å². The first-order valence-corrected chi connectivity index (χ1v) is 7.10. The van der Waals surface area contributed by atoms with E-state index in [4.69, 9.17) is 5.73 Å². The van der Waals surface area contributed by atoms with E-state index >= 15 is 0 Å². The predicted molar refractivity (Wildman–Crippen MR) is 89.7 cm³/mol. The van der Waals surface area contributed by atoms with Crippen molar-refractivity contribution in [2.75, 3.05) is 6.61 Å². The number of hydrogen-bond acceptors (Lipinski definition) is 2. The fourth-order valence-electron chi connectivity index (χ4n) is 2.91. The number of aliphatic hydroxyl groups excluding tert-OH is 1. The molecular weight excluding hydrogens is 282 g/mol. The van der Waals surface area contributed by atoms with Gasteiger partial charge in [0.1, 0.15) is 0 Å². The van der Waals surface area contributed by atoms with Gasteiger partial charge in [-0.1, -0.05) is 56.3 Å². The van der Waals surface area contributed by atoms with Gasteiger partial charge in [0, 0.05) is 18.1 Å². The third-order valence-electron chi connectivity index (χ3n) is 4.43. The highest BCUT2D eigenvalue weighted by molar-refractivity contribution is 5.85. The second-order valence-electron chi connectivity index (χ2n) is 6.37. The van der Waals surface area contributed by atoms with Crippen LogP contribution < -0.4 is 5.73 Å². The Balaban J connectivity index is 0.00000161. The third-order valence-corrected chi connectivity index (χ3v) is 4.43. The van der Waals surface area contributed by atoms with Gasteiger partial charge in [-0.25, -0.2) is 0 Å². The summed E-state index contributed by atoms with van der Waals surface area (Å²) in [5.41, 5.74) is 12.5. The lowest BCUT2D eigenvalue weighted by atomic mass is 9.81. The fraction of sp³-hybridized carbons (Fsp3) is 0.333. The highest BCUT2D eigenvalue weighted by Crippen LogP contribution is 2.39. The van der Waals surface area contributed by atoms with Gasteiger partial charge in [0.25, 0.3) is 0 Å². The number of halogens is 1. The van der Waals surface area contributed by atoms with Gasteiger partial charge < -0.3 is 10.8 Å². The van der Waals surface area contributed by atoms with Gasteiger partial charge in [0.15, 0.2) is 0 Å². The molecule has 0 amide bonds. The maximum atomic E-state index is 9.48. The molecule has 0 aromatic heterocycles. The maximum absolute atomic E-state index is 9.48. The quantitative estimate of drug-likeness (QED) is 0.775. The zero-order valence-corrected chi connectivity index (χ0v) is 13.3. The predicted octanol–water partition coefficient (Wildman–Crippen LogP) is 3.70. The Bertz CT molecular complexity index is 651. The first-order chi connectivity index (χ1) is 9.53. The molecule has 2 aromatic rings. The molecule has 3 heteroatoms. The summed E-state index contributed by atoms with van der Waals surface area (Å²) in [6.07, 6.45) is 0.978. The molecule has 0 spiro atoms. The molecule has 0 saturated heterocycles. The monoisotopic (exact) mass is 303 g/mol. The van der Waals surface area contributed by atoms with Crippen molar-refractivity contribution in [3.63, 3.8) is 0 Å². The average molecular weight is 304 g/mol. The summed E-state index contributed by atoms with van der Waals surface area (Å²) >= 11 is 0. The van der Waals surface area contributed by atoms with Crippen molar-refractivity contribution in [1.29, 1.82) is 0 Å². The highest BCUT2D eigenvalue weighted by atomic mass is 35.5. The standard InChI is InChI=1S/C18H21NO.ClH/c1-18(2,11-20)17(19)13-7-8-16-14(10-13)9-12-5-3-4-6-15(12)16;/h3-8,10,17,20H,9,11,19H2,1-2H3;1H/t17-;/m0./s1. The maximum Gasteiger partial charge on any atom is 0.0500 e. The van der Waals surface area contributed by atoms with Crippen LogP contribution in [-0.2, 0) is 6.42 Å². The molecule has 0 fully saturated rings. The van der Waals surface area contributed by atoms with Gasteiger partial charge in [-0.2, -0.15) is 0 Å². The highest BCUT2D eigenvalue weighted by Gasteiger charge is 2.28. The summed E-state index contributed by atoms with van der Waals surface area (Å²) in [6, 6.07) is 14.9. The summed E-state index contributed by atoms with van der Waals surface area (Å²) in [5.74, 6) is 0. The van der Waals surface area contributed by atoms with Crippen LogP contribution in [0.15, 0.2) is 42.5 Å². The molecule has 0 heterocycles. The largest absolute Gasteiger partial charge is 0.396 e. The minimum absolute atomic E-state index is 0. The van der Waals surface area contributed by atoms with Crippen molar-refractivity contribution < 1.29 is 5.11 Å². The van der Waals surface area contributed by atoms with Gasteiger partial charge in [-0.05, 0) is 34.2 Å². The van der Waals surface area contributed by atoms with Crippen LogP contribution in [0, 0.1) is 5.41 Å². The molecule has 1 aliphatic rings. The summed E-state index contributed by atoms with van der Waals surface area (Å²) in [4.78, 5) is 0. The Morgan fingerprint density at radius 1 is 1.10 bits per heavy atom. The van der Waals surface area contributed by atoms with E-state index in [9.17, 15) is 5.11 Å². The summed E-state index contributed by atoms with van der Waals surface area (Å²) in [5, 5.41) is 9.48. The van der Waals surface area contributed by atoms with E-state index in [-0.39, 0.29) is 30.5 Å². The molecule has 2 nitrogen and oxygen atoms in total. The second kappa shape index (κ2) is 5.80. The van der Waals surface area contributed by atoms with E-state index in [0.29, 0.717) is 0 Å². The number of aliphatic hydroxyl groups is 1. The van der Waals surface area contributed by atoms with Crippen LogP contribution in [-0.4, -0.2) is 11.7 Å². The molecule has 112 valence electrons. The van der Waals surface area contributed by atoms with E-state index in [1.807, 2.05) is 13.8 Å². The van der Waals surface area contributed by atoms with Crippen LogP contribution >= 0.6 is 12.4 Å². The second-order valence-corrected chi connectivity index (χ2v) is 6.37. The molecule has 0 radical (unpaired) electrons. The number of hydrogen-bond donors (Lipinski definition) is 2. The Morgan fingerprint density at radius 2 is 1.76 bits per heavy atom. The summed E-state index contributed by atoms with van der Waals surface area (Å²) < 4.78 is 0. The Hall–Kier alpha value is -1.35. The van der Waals surface area contributed by atoms with Crippen molar-refractivity contribution in [2.45, 2.75) is 26.3 Å². The molecule has 0 bridgehead atoms. The van der Waals surface area contributed by atoms with E-state index in [1.54, 1.807) is 0 Å². The molecule has 0 unspecified atom stereocenters. The van der Waals surface area contributed by atoms with Crippen molar-refractivity contribution >= 4 is 12.4 Å². The molecule has 1 aliphatic carbocycles. The third kappa shape index (κ3) is 2.71. The molecule has 0 saturated carbocycles. The van der Waals surface area contributed by atoms with E-state index in [0.717, 1.165) is 12.0 Å². The number of benzene rings is 2. The molecular formula is C18H22ClNO. The van der Waals surface area contributed by atoms with Gasteiger partial charge in [0.05, 0.1) is 0 Å². The minimum atomic E-state index is -0.306. The Kier molecular flexibility index (Phi) is 4.43. The lowest BCUT2D eigenvalue weighted by Gasteiger charge is -2.30. The number of fused-ring (bicyclic) bond motifs is 3. The van der Waals surface area contributed by atoms with Crippen molar-refractivity contribution in [3.8, 4) is 11.1 Å². The molecule has 2 aromatic carbocycles. The van der Waals surface area contributed by atoms with Crippen molar-refractivity contribution in [1.82, 2.24) is 0 Å². The van der Waals surface area contributed by atoms with Crippen LogP contribution in [0.25, 0.3) is 11.1 Å². The smallest absolute Gasteiger partial charge is 0.0500 e. The van der Waals surface area contributed by atoms with Gasteiger partial charge in [-0.15, -0.1) is 12.4 Å². The van der Waals surface area contributed by atoms with Crippen molar-refractivity contribution in [3.05, 3.63) is 59.2 Å². The zero-order valence-electron chi connectivity index (χ0n) is 12.5. The van der Waals surface area contributed by atoms with Crippen LogP contribution in [0.4, 0.5) is 0 Å². The normalized spacial score (nSPS) is 14.1. The molecule has 0 aliphatic heterocycles. The van der Waals surface area contributed by atoms with Crippen molar-refractivity contribution in [2.24, 2.45) is 11.1 Å². The SMILES string of the molecule is CC(C)(CO)[C@@H](N)c1ccc2c(c1)Cc1ccccc1-2.Cl. The molecule has 3 N–H and O–H groups in total. The van der Waals surface area contributed by atoms with Crippen LogP contribution in [0.2, 0.25) is 0 Å². The summed E-state index contributed by atoms with van der Waals surface area (Å²) in [7, 11) is 0. The topological polar surface area (TPSA) is 46.2 Å². The van der Waals surface area contributed by atoms with E-state index < -0.39 is 0 Å². The van der Waals surface area contributed by atoms with Crippen LogP contribution in [0.5, 0.6) is 0 Å². The lowest BCUT2D eigenvalue weighted by molar-refractivity contribution is 0.132. The van der Waals surface area contributed by atoms with Gasteiger partial charge in [-0.3, -0.25) is 0 Å². The molecule has 21 heavy (non-hydrogen) atoms. The van der Waals surface area contributed by atoms with Crippen LogP contribution in [0.3, 0.4) is 0 Å². The fourth-order valence-corrected chi connectivity index (χ4v) is 2.91. The molecule has 3 rings (SSSR count). The number of nitrogens with two attached hydrogens (primary N) is 1. The first-order valence-electron chi connectivity index (χ1n) is 7.10. The zero-order chi connectivity index (χ0) is 14.3. The van der Waals surface area contributed by atoms with E-state index in [1.165, 1.54) is 22.3 Å². The van der Waals surface area contributed by atoms with E-state index in [2.05, 4.69) is 42.5 Å². The number of rotatable bonds is 3. The average Bonchev–Trinajstić information content (AvgIpc) is 2.83. The van der Waals surface area contributed by atoms with Crippen LogP contribution in [0.1, 0.15) is 36.6 Å². The van der Waals surface area contributed by atoms with Gasteiger partial charge in [0.2, 0.25) is 0 Å². The first kappa shape index (κ1) is 16.0. The lowest BCUT2D eigenvalue weighted by Crippen LogP contribution is -2.32. The minimum Gasteiger partial charge on any atom is -0.396 e. The Labute approximate surface area is 132 Å². The summed E-state index contributed by atoms with van der Waals surface area (Å²) in [6.45, 7) is 4.09.